The van der Waals surface area contributed by atoms with Crippen molar-refractivity contribution in [1.82, 2.24) is 4.98 Å². The molecule has 1 atom stereocenters. The van der Waals surface area contributed by atoms with Crippen LogP contribution < -0.4 is 5.73 Å². The summed E-state index contributed by atoms with van der Waals surface area (Å²) in [4.78, 5) is 2.62. The highest BCUT2D eigenvalue weighted by molar-refractivity contribution is 5.85. The van der Waals surface area contributed by atoms with Gasteiger partial charge in [-0.2, -0.15) is 13.2 Å². The van der Waals surface area contributed by atoms with Gasteiger partial charge in [0.05, 0.1) is 18.2 Å². The van der Waals surface area contributed by atoms with E-state index in [2.05, 4.69) is 4.98 Å². The summed E-state index contributed by atoms with van der Waals surface area (Å²) < 4.78 is 38.9. The quantitative estimate of drug-likeness (QED) is 0.758. The standard InChI is InChI=1S/C11H11F3N2O/c12-11(13,14)9-6-3-1-2-4-8(6)16-10(9)7(15)5-17/h1-4,7,16-17H,5,15H2. The number of fused-ring (bicyclic) bond motifs is 1. The third kappa shape index (κ3) is 2.01. The Morgan fingerprint density at radius 1 is 1.29 bits per heavy atom. The molecule has 1 aromatic carbocycles. The molecule has 0 amide bonds. The number of aliphatic hydroxyl groups excluding tert-OH is 1. The van der Waals surface area contributed by atoms with Crippen LogP contribution in [0.2, 0.25) is 0 Å². The first kappa shape index (κ1) is 11.9. The number of H-pyrrole nitrogens is 1. The van der Waals surface area contributed by atoms with Crippen LogP contribution in [0.5, 0.6) is 0 Å². The van der Waals surface area contributed by atoms with Crippen LogP contribution in [-0.4, -0.2) is 16.7 Å². The normalized spacial score (nSPS) is 14.2. The largest absolute Gasteiger partial charge is 0.418 e. The number of alkyl halides is 3. The van der Waals surface area contributed by atoms with Gasteiger partial charge < -0.3 is 15.8 Å². The predicted molar refractivity (Wildman–Crippen MR) is 57.3 cm³/mol. The topological polar surface area (TPSA) is 62.0 Å². The van der Waals surface area contributed by atoms with Crippen LogP contribution in [0.4, 0.5) is 13.2 Å². The van der Waals surface area contributed by atoms with Crippen LogP contribution in [-0.2, 0) is 6.18 Å². The van der Waals surface area contributed by atoms with Crippen LogP contribution >= 0.6 is 0 Å². The number of aromatic amines is 1. The van der Waals surface area contributed by atoms with Crippen LogP contribution in [0.15, 0.2) is 24.3 Å². The molecule has 92 valence electrons. The number of para-hydroxylation sites is 1. The highest BCUT2D eigenvalue weighted by atomic mass is 19.4. The summed E-state index contributed by atoms with van der Waals surface area (Å²) in [5, 5.41) is 8.96. The van der Waals surface area contributed by atoms with Crippen molar-refractivity contribution in [2.45, 2.75) is 12.2 Å². The van der Waals surface area contributed by atoms with Crippen LogP contribution in [0, 0.1) is 0 Å². The predicted octanol–water partition coefficient (Wildman–Crippen LogP) is 2.18. The first-order valence-electron chi connectivity index (χ1n) is 4.99. The summed E-state index contributed by atoms with van der Waals surface area (Å²) in [5.74, 6) is 0. The fourth-order valence-electron chi connectivity index (χ4n) is 1.84. The summed E-state index contributed by atoms with van der Waals surface area (Å²) in [6.07, 6.45) is -4.50. The molecule has 0 bridgehead atoms. The number of hydrogen-bond acceptors (Lipinski definition) is 2. The Labute approximate surface area is 95.0 Å². The van der Waals surface area contributed by atoms with Gasteiger partial charge in [0.25, 0.3) is 0 Å². The molecule has 2 aromatic rings. The van der Waals surface area contributed by atoms with Crippen molar-refractivity contribution in [3.05, 3.63) is 35.5 Å². The Bertz CT molecular complexity index is 533. The number of rotatable bonds is 2. The van der Waals surface area contributed by atoms with Crippen molar-refractivity contribution >= 4 is 10.9 Å². The van der Waals surface area contributed by atoms with Gasteiger partial charge in [-0.15, -0.1) is 0 Å². The number of hydrogen-bond donors (Lipinski definition) is 3. The maximum absolute atomic E-state index is 13.0. The molecule has 0 fully saturated rings. The van der Waals surface area contributed by atoms with Crippen molar-refractivity contribution < 1.29 is 18.3 Å². The Balaban J connectivity index is 2.74. The minimum absolute atomic E-state index is 0.0684. The maximum Gasteiger partial charge on any atom is 0.418 e. The van der Waals surface area contributed by atoms with Gasteiger partial charge in [-0.1, -0.05) is 18.2 Å². The highest BCUT2D eigenvalue weighted by Gasteiger charge is 2.38. The molecule has 0 aliphatic rings. The number of nitrogens with two attached hydrogens (primary N) is 1. The number of aromatic nitrogens is 1. The fraction of sp³-hybridized carbons (Fsp3) is 0.273. The van der Waals surface area contributed by atoms with E-state index in [-0.39, 0.29) is 11.1 Å². The van der Waals surface area contributed by atoms with E-state index in [1.165, 1.54) is 18.2 Å². The molecule has 4 N–H and O–H groups in total. The van der Waals surface area contributed by atoms with Gasteiger partial charge >= 0.3 is 6.18 Å². The second kappa shape index (κ2) is 4.05. The molecule has 1 heterocycles. The average molecular weight is 244 g/mol. The summed E-state index contributed by atoms with van der Waals surface area (Å²) in [5.41, 5.74) is 4.86. The van der Waals surface area contributed by atoms with Gasteiger partial charge in [0.2, 0.25) is 0 Å². The van der Waals surface area contributed by atoms with E-state index < -0.39 is 24.4 Å². The zero-order valence-electron chi connectivity index (χ0n) is 8.75. The van der Waals surface area contributed by atoms with E-state index in [0.29, 0.717) is 5.52 Å². The molecule has 0 saturated heterocycles. The molecule has 0 aliphatic heterocycles. The number of nitrogens with one attached hydrogen (secondary N) is 1. The minimum Gasteiger partial charge on any atom is -0.394 e. The Morgan fingerprint density at radius 2 is 1.94 bits per heavy atom. The first-order chi connectivity index (χ1) is 7.95. The number of benzene rings is 1. The third-order valence-electron chi connectivity index (χ3n) is 2.59. The smallest absolute Gasteiger partial charge is 0.394 e. The minimum atomic E-state index is -4.50. The van der Waals surface area contributed by atoms with Gasteiger partial charge in [-0.3, -0.25) is 0 Å². The SMILES string of the molecule is NC(CO)c1[nH]c2ccccc2c1C(F)(F)F. The van der Waals surface area contributed by atoms with E-state index in [1.807, 2.05) is 0 Å². The fourth-order valence-corrected chi connectivity index (χ4v) is 1.84. The van der Waals surface area contributed by atoms with Gasteiger partial charge in [0.15, 0.2) is 0 Å². The summed E-state index contributed by atoms with van der Waals surface area (Å²) in [7, 11) is 0. The van der Waals surface area contributed by atoms with Crippen LogP contribution in [0.3, 0.4) is 0 Å². The molecule has 3 nitrogen and oxygen atoms in total. The van der Waals surface area contributed by atoms with Gasteiger partial charge in [0, 0.05) is 16.6 Å². The Morgan fingerprint density at radius 3 is 2.53 bits per heavy atom. The second-order valence-electron chi connectivity index (χ2n) is 3.75. The van der Waals surface area contributed by atoms with Crippen molar-refractivity contribution in [2.75, 3.05) is 6.61 Å². The van der Waals surface area contributed by atoms with Crippen molar-refractivity contribution in [2.24, 2.45) is 5.73 Å². The lowest BCUT2D eigenvalue weighted by Crippen LogP contribution is -2.19. The van der Waals surface area contributed by atoms with Crippen LogP contribution in [0.1, 0.15) is 17.3 Å². The van der Waals surface area contributed by atoms with E-state index in [0.717, 1.165) is 0 Å². The van der Waals surface area contributed by atoms with Crippen molar-refractivity contribution in [1.29, 1.82) is 0 Å². The molecule has 1 aromatic heterocycles. The number of halogens is 3. The van der Waals surface area contributed by atoms with Gasteiger partial charge in [-0.25, -0.2) is 0 Å². The Kier molecular flexibility index (Phi) is 2.84. The highest BCUT2D eigenvalue weighted by Crippen LogP contribution is 2.39. The summed E-state index contributed by atoms with van der Waals surface area (Å²) in [6, 6.07) is 5.01. The molecule has 17 heavy (non-hydrogen) atoms. The average Bonchev–Trinajstić information content (AvgIpc) is 2.66. The zero-order valence-corrected chi connectivity index (χ0v) is 8.75. The van der Waals surface area contributed by atoms with Gasteiger partial charge in [-0.05, 0) is 6.07 Å². The molecule has 0 aliphatic carbocycles. The van der Waals surface area contributed by atoms with Crippen LogP contribution in [0.25, 0.3) is 10.9 Å². The molecule has 6 heteroatoms. The van der Waals surface area contributed by atoms with Crippen molar-refractivity contribution in [3.63, 3.8) is 0 Å². The third-order valence-corrected chi connectivity index (χ3v) is 2.59. The van der Waals surface area contributed by atoms with Gasteiger partial charge in [0.1, 0.15) is 0 Å². The lowest BCUT2D eigenvalue weighted by atomic mass is 10.1. The Hall–Kier alpha value is -1.53. The molecular weight excluding hydrogens is 233 g/mol. The molecular formula is C11H11F3N2O. The second-order valence-corrected chi connectivity index (χ2v) is 3.75. The van der Waals surface area contributed by atoms with Crippen molar-refractivity contribution in [3.8, 4) is 0 Å². The van der Waals surface area contributed by atoms with E-state index in [1.54, 1.807) is 6.07 Å². The maximum atomic E-state index is 13.0. The zero-order chi connectivity index (χ0) is 12.6. The lowest BCUT2D eigenvalue weighted by Gasteiger charge is -2.12. The monoisotopic (exact) mass is 244 g/mol. The lowest BCUT2D eigenvalue weighted by molar-refractivity contribution is -0.137. The molecule has 0 spiro atoms. The number of aliphatic hydroxyl groups is 1. The van der Waals surface area contributed by atoms with E-state index >= 15 is 0 Å². The first-order valence-corrected chi connectivity index (χ1v) is 4.99. The molecule has 1 unspecified atom stereocenters. The molecule has 2 rings (SSSR count). The molecule has 0 radical (unpaired) electrons. The van der Waals surface area contributed by atoms with E-state index in [4.69, 9.17) is 10.8 Å². The summed E-state index contributed by atoms with van der Waals surface area (Å²) in [6.45, 7) is -0.546. The summed E-state index contributed by atoms with van der Waals surface area (Å²) >= 11 is 0. The molecule has 0 saturated carbocycles. The van der Waals surface area contributed by atoms with E-state index in [9.17, 15) is 13.2 Å².